The Morgan fingerprint density at radius 3 is 2.46 bits per heavy atom. The number of nitrogens with one attached hydrogen (secondary N) is 2. The Labute approximate surface area is 174 Å². The lowest BCUT2D eigenvalue weighted by Gasteiger charge is -2.22. The highest BCUT2D eigenvalue weighted by molar-refractivity contribution is 7.80. The van der Waals surface area contributed by atoms with Gasteiger partial charge in [-0.05, 0) is 54.7 Å². The fourth-order valence-corrected chi connectivity index (χ4v) is 4.05. The minimum atomic E-state index is -0.260. The van der Waals surface area contributed by atoms with Crippen molar-refractivity contribution in [3.05, 3.63) is 71.2 Å². The van der Waals surface area contributed by atoms with Gasteiger partial charge < -0.3 is 10.2 Å². The number of hydrogen-bond acceptors (Lipinski definition) is 3. The second-order valence-corrected chi connectivity index (χ2v) is 7.58. The van der Waals surface area contributed by atoms with Gasteiger partial charge in [0.25, 0.3) is 5.91 Å². The molecule has 4 rings (SSSR count). The maximum Gasteiger partial charge on any atom is 0.258 e. The van der Waals surface area contributed by atoms with E-state index in [1.54, 1.807) is 6.07 Å². The molecular formula is C22H20ClN3OS. The highest BCUT2D eigenvalue weighted by Gasteiger charge is 2.17. The third kappa shape index (κ3) is 3.81. The van der Waals surface area contributed by atoms with Gasteiger partial charge in [-0.3, -0.25) is 10.1 Å². The molecule has 0 saturated carbocycles. The Morgan fingerprint density at radius 1 is 0.929 bits per heavy atom. The van der Waals surface area contributed by atoms with Crippen LogP contribution in [-0.2, 0) is 0 Å². The van der Waals surface area contributed by atoms with E-state index in [-0.39, 0.29) is 11.0 Å². The smallest absolute Gasteiger partial charge is 0.258 e. The Hall–Kier alpha value is -2.63. The number of fused-ring (bicyclic) bond motifs is 1. The first-order valence-corrected chi connectivity index (χ1v) is 10.1. The summed E-state index contributed by atoms with van der Waals surface area (Å²) in [5.74, 6) is -0.260. The number of anilines is 2. The first-order chi connectivity index (χ1) is 13.6. The fraction of sp³-hybridized carbons (Fsp3) is 0.182. The van der Waals surface area contributed by atoms with Crippen LogP contribution in [0.15, 0.2) is 60.7 Å². The molecule has 1 aliphatic heterocycles. The normalized spacial score (nSPS) is 13.5. The monoisotopic (exact) mass is 409 g/mol. The van der Waals surface area contributed by atoms with Crippen LogP contribution in [0.25, 0.3) is 10.8 Å². The molecule has 3 aromatic rings. The zero-order valence-electron chi connectivity index (χ0n) is 15.2. The van der Waals surface area contributed by atoms with Crippen LogP contribution in [0, 0.1) is 0 Å². The van der Waals surface area contributed by atoms with Crippen LogP contribution in [0.4, 0.5) is 11.4 Å². The topological polar surface area (TPSA) is 44.4 Å². The zero-order chi connectivity index (χ0) is 19.5. The number of thiocarbonyl (C=S) groups is 1. The van der Waals surface area contributed by atoms with Gasteiger partial charge in [0.1, 0.15) is 0 Å². The summed E-state index contributed by atoms with van der Waals surface area (Å²) >= 11 is 11.7. The quantitative estimate of drug-likeness (QED) is 0.582. The fourth-order valence-electron chi connectivity index (χ4n) is 3.61. The zero-order valence-corrected chi connectivity index (χ0v) is 16.8. The number of carbonyl (C=O) groups excluding carboxylic acids is 1. The van der Waals surface area contributed by atoms with Crippen molar-refractivity contribution < 1.29 is 4.79 Å². The van der Waals surface area contributed by atoms with Crippen molar-refractivity contribution in [1.29, 1.82) is 0 Å². The van der Waals surface area contributed by atoms with E-state index in [9.17, 15) is 4.79 Å². The van der Waals surface area contributed by atoms with Crippen molar-refractivity contribution in [1.82, 2.24) is 5.32 Å². The van der Waals surface area contributed by atoms with E-state index < -0.39 is 0 Å². The molecule has 0 aliphatic carbocycles. The van der Waals surface area contributed by atoms with Gasteiger partial charge in [0.15, 0.2) is 5.11 Å². The van der Waals surface area contributed by atoms with Crippen molar-refractivity contribution >= 4 is 57.0 Å². The van der Waals surface area contributed by atoms with Crippen LogP contribution in [0.2, 0.25) is 5.02 Å². The van der Waals surface area contributed by atoms with E-state index >= 15 is 0 Å². The van der Waals surface area contributed by atoms with Crippen LogP contribution >= 0.6 is 23.8 Å². The van der Waals surface area contributed by atoms with Gasteiger partial charge in [0, 0.05) is 29.1 Å². The summed E-state index contributed by atoms with van der Waals surface area (Å²) in [7, 11) is 0. The van der Waals surface area contributed by atoms with Crippen LogP contribution < -0.4 is 15.5 Å². The van der Waals surface area contributed by atoms with Crippen molar-refractivity contribution in [2.24, 2.45) is 0 Å². The number of carbonyl (C=O) groups is 1. The molecule has 3 aromatic carbocycles. The molecule has 1 heterocycles. The number of amides is 1. The standard InChI is InChI=1S/C22H20ClN3OS/c23-18-10-6-7-15-16(18)8-5-9-17(15)21(27)25-22(28)24-19-11-1-2-12-20(19)26-13-3-4-14-26/h1-2,5-12H,3-4,13-14H2,(H2,24,25,27,28). The molecular weight excluding hydrogens is 390 g/mol. The van der Waals surface area contributed by atoms with Crippen molar-refractivity contribution in [2.45, 2.75) is 12.8 Å². The predicted octanol–water partition coefficient (Wildman–Crippen LogP) is 5.22. The molecule has 2 N–H and O–H groups in total. The van der Waals surface area contributed by atoms with E-state index in [4.69, 9.17) is 23.8 Å². The Morgan fingerprint density at radius 2 is 1.64 bits per heavy atom. The summed E-state index contributed by atoms with van der Waals surface area (Å²) in [6.45, 7) is 2.07. The largest absolute Gasteiger partial charge is 0.370 e. The summed E-state index contributed by atoms with van der Waals surface area (Å²) < 4.78 is 0. The number of hydrogen-bond donors (Lipinski definition) is 2. The van der Waals surface area contributed by atoms with E-state index in [1.807, 2.05) is 48.5 Å². The summed E-state index contributed by atoms with van der Waals surface area (Å²) in [5, 5.41) is 8.51. The molecule has 1 saturated heterocycles. The molecule has 28 heavy (non-hydrogen) atoms. The predicted molar refractivity (Wildman–Crippen MR) is 121 cm³/mol. The van der Waals surface area contributed by atoms with Gasteiger partial charge in [0.2, 0.25) is 0 Å². The molecule has 0 radical (unpaired) electrons. The molecule has 0 atom stereocenters. The average molecular weight is 410 g/mol. The first-order valence-electron chi connectivity index (χ1n) is 9.27. The van der Waals surface area contributed by atoms with E-state index in [0.717, 1.165) is 35.2 Å². The molecule has 0 bridgehead atoms. The van der Waals surface area contributed by atoms with Gasteiger partial charge in [-0.2, -0.15) is 0 Å². The van der Waals surface area contributed by atoms with Crippen LogP contribution in [0.5, 0.6) is 0 Å². The minimum Gasteiger partial charge on any atom is -0.370 e. The Bertz CT molecular complexity index is 1050. The minimum absolute atomic E-state index is 0.260. The van der Waals surface area contributed by atoms with E-state index in [2.05, 4.69) is 21.6 Å². The van der Waals surface area contributed by atoms with Gasteiger partial charge in [-0.15, -0.1) is 0 Å². The molecule has 4 nitrogen and oxygen atoms in total. The first kappa shape index (κ1) is 18.7. The molecule has 6 heteroatoms. The summed E-state index contributed by atoms with van der Waals surface area (Å²) in [5.41, 5.74) is 2.54. The highest BCUT2D eigenvalue weighted by atomic mass is 35.5. The molecule has 0 aromatic heterocycles. The number of nitrogens with zero attached hydrogens (tertiary/aromatic N) is 1. The van der Waals surface area contributed by atoms with Crippen LogP contribution in [0.1, 0.15) is 23.2 Å². The Kier molecular flexibility index (Phi) is 5.46. The molecule has 1 aliphatic rings. The second-order valence-electron chi connectivity index (χ2n) is 6.76. The number of para-hydroxylation sites is 2. The van der Waals surface area contributed by atoms with Gasteiger partial charge >= 0.3 is 0 Å². The number of rotatable bonds is 3. The highest BCUT2D eigenvalue weighted by Crippen LogP contribution is 2.29. The van der Waals surface area contributed by atoms with Crippen molar-refractivity contribution in [2.75, 3.05) is 23.3 Å². The number of benzene rings is 3. The molecule has 1 amide bonds. The van der Waals surface area contributed by atoms with Crippen molar-refractivity contribution in [3.63, 3.8) is 0 Å². The van der Waals surface area contributed by atoms with E-state index in [0.29, 0.717) is 10.6 Å². The molecule has 0 unspecified atom stereocenters. The van der Waals surface area contributed by atoms with Crippen LogP contribution in [0.3, 0.4) is 0 Å². The third-order valence-electron chi connectivity index (χ3n) is 4.94. The third-order valence-corrected chi connectivity index (χ3v) is 5.47. The van der Waals surface area contributed by atoms with Gasteiger partial charge in [0.05, 0.1) is 11.4 Å². The van der Waals surface area contributed by atoms with Gasteiger partial charge in [-0.1, -0.05) is 48.0 Å². The lowest BCUT2D eigenvalue weighted by Crippen LogP contribution is -2.34. The van der Waals surface area contributed by atoms with Crippen molar-refractivity contribution in [3.8, 4) is 0 Å². The SMILES string of the molecule is O=C(NC(=S)Nc1ccccc1N1CCCC1)c1cccc2c(Cl)cccc12. The maximum absolute atomic E-state index is 12.8. The Balaban J connectivity index is 1.52. The van der Waals surface area contributed by atoms with Gasteiger partial charge in [-0.25, -0.2) is 0 Å². The molecule has 142 valence electrons. The van der Waals surface area contributed by atoms with E-state index in [1.165, 1.54) is 12.8 Å². The second kappa shape index (κ2) is 8.17. The lowest BCUT2D eigenvalue weighted by molar-refractivity contribution is 0.0979. The summed E-state index contributed by atoms with van der Waals surface area (Å²) in [6.07, 6.45) is 2.39. The summed E-state index contributed by atoms with van der Waals surface area (Å²) in [6, 6.07) is 19.1. The average Bonchev–Trinajstić information content (AvgIpc) is 3.23. The maximum atomic E-state index is 12.8. The van der Waals surface area contributed by atoms with Crippen LogP contribution in [-0.4, -0.2) is 24.1 Å². The lowest BCUT2D eigenvalue weighted by atomic mass is 10.0. The number of halogens is 1. The molecule has 1 fully saturated rings. The molecule has 0 spiro atoms. The summed E-state index contributed by atoms with van der Waals surface area (Å²) in [4.78, 5) is 15.2.